The predicted octanol–water partition coefficient (Wildman–Crippen LogP) is 4.92. The molecule has 0 spiro atoms. The molecule has 0 bridgehead atoms. The van der Waals surface area contributed by atoms with E-state index in [0.717, 1.165) is 11.1 Å². The first kappa shape index (κ1) is 18.1. The standard InChI is InChI=1S/C21H26O3/c1-20(2,3)13-7-9-15(17(22)11-13)19(24)16-10-8-14(12-18(16)23)21(4,5)6/h7-12,22-23H,1-6H3. The second kappa shape index (κ2) is 5.97. The van der Waals surface area contributed by atoms with Crippen molar-refractivity contribution in [3.8, 4) is 11.5 Å². The van der Waals surface area contributed by atoms with E-state index in [4.69, 9.17) is 0 Å². The Hall–Kier alpha value is -2.29. The lowest BCUT2D eigenvalue weighted by atomic mass is 9.84. The number of phenolic OH excluding ortho intramolecular Hbond substituents is 2. The quantitative estimate of drug-likeness (QED) is 0.770. The Morgan fingerprint density at radius 2 is 1.04 bits per heavy atom. The topological polar surface area (TPSA) is 57.5 Å². The fraction of sp³-hybridized carbons (Fsp3) is 0.381. The summed E-state index contributed by atoms with van der Waals surface area (Å²) in [5, 5.41) is 20.5. The van der Waals surface area contributed by atoms with E-state index in [2.05, 4.69) is 0 Å². The molecule has 2 aromatic rings. The summed E-state index contributed by atoms with van der Waals surface area (Å²) in [6.45, 7) is 12.3. The monoisotopic (exact) mass is 326 g/mol. The number of phenols is 2. The summed E-state index contributed by atoms with van der Waals surface area (Å²) < 4.78 is 0. The van der Waals surface area contributed by atoms with E-state index in [9.17, 15) is 15.0 Å². The molecule has 2 rings (SSSR count). The van der Waals surface area contributed by atoms with Crippen LogP contribution in [0, 0.1) is 0 Å². The predicted molar refractivity (Wildman–Crippen MR) is 97.0 cm³/mol. The van der Waals surface area contributed by atoms with Gasteiger partial charge in [0, 0.05) is 0 Å². The number of aromatic hydroxyl groups is 2. The van der Waals surface area contributed by atoms with E-state index >= 15 is 0 Å². The maximum atomic E-state index is 12.7. The zero-order valence-electron chi connectivity index (χ0n) is 15.3. The minimum Gasteiger partial charge on any atom is -0.507 e. The minimum absolute atomic E-state index is 0.0632. The van der Waals surface area contributed by atoms with Crippen LogP contribution >= 0.6 is 0 Å². The Bertz CT molecular complexity index is 709. The van der Waals surface area contributed by atoms with Gasteiger partial charge in [0.2, 0.25) is 0 Å². The molecule has 0 amide bonds. The van der Waals surface area contributed by atoms with E-state index in [1.165, 1.54) is 0 Å². The largest absolute Gasteiger partial charge is 0.507 e. The molecule has 0 saturated heterocycles. The highest BCUT2D eigenvalue weighted by molar-refractivity contribution is 6.12. The minimum atomic E-state index is -0.383. The fourth-order valence-electron chi connectivity index (χ4n) is 2.53. The van der Waals surface area contributed by atoms with E-state index in [-0.39, 0.29) is 39.2 Å². The van der Waals surface area contributed by atoms with Crippen molar-refractivity contribution in [2.45, 2.75) is 52.4 Å². The number of carbonyl (C=O) groups is 1. The molecule has 0 saturated carbocycles. The van der Waals surface area contributed by atoms with Crippen LogP contribution in [-0.4, -0.2) is 16.0 Å². The van der Waals surface area contributed by atoms with E-state index in [1.54, 1.807) is 24.3 Å². The zero-order valence-corrected chi connectivity index (χ0v) is 15.3. The highest BCUT2D eigenvalue weighted by Gasteiger charge is 2.22. The molecule has 0 atom stereocenters. The molecule has 0 aliphatic heterocycles. The van der Waals surface area contributed by atoms with Crippen LogP contribution in [0.5, 0.6) is 11.5 Å². The Balaban J connectivity index is 2.43. The van der Waals surface area contributed by atoms with Crippen LogP contribution in [0.4, 0.5) is 0 Å². The lowest BCUT2D eigenvalue weighted by Crippen LogP contribution is -2.13. The van der Waals surface area contributed by atoms with E-state index < -0.39 is 0 Å². The molecule has 0 heterocycles. The number of hydrogen-bond donors (Lipinski definition) is 2. The molecule has 0 aromatic heterocycles. The average molecular weight is 326 g/mol. The van der Waals surface area contributed by atoms with Crippen molar-refractivity contribution >= 4 is 5.78 Å². The van der Waals surface area contributed by atoms with Gasteiger partial charge in [0.15, 0.2) is 5.78 Å². The van der Waals surface area contributed by atoms with Crippen molar-refractivity contribution in [2.75, 3.05) is 0 Å². The van der Waals surface area contributed by atoms with Crippen molar-refractivity contribution in [3.05, 3.63) is 58.7 Å². The molecule has 0 fully saturated rings. The van der Waals surface area contributed by atoms with Crippen LogP contribution in [-0.2, 0) is 10.8 Å². The van der Waals surface area contributed by atoms with Crippen molar-refractivity contribution in [1.29, 1.82) is 0 Å². The maximum Gasteiger partial charge on any atom is 0.200 e. The van der Waals surface area contributed by atoms with Gasteiger partial charge in [-0.25, -0.2) is 0 Å². The highest BCUT2D eigenvalue weighted by Crippen LogP contribution is 2.32. The Morgan fingerprint density at radius 3 is 1.29 bits per heavy atom. The Labute approximate surface area is 144 Å². The Kier molecular flexibility index (Phi) is 4.49. The molecule has 0 aliphatic carbocycles. The molecule has 3 nitrogen and oxygen atoms in total. The van der Waals surface area contributed by atoms with Crippen molar-refractivity contribution in [2.24, 2.45) is 0 Å². The van der Waals surface area contributed by atoms with Crippen LogP contribution in [0.15, 0.2) is 36.4 Å². The molecule has 2 aromatic carbocycles. The lowest BCUT2D eigenvalue weighted by Gasteiger charge is -2.21. The zero-order chi connectivity index (χ0) is 18.3. The number of hydrogen-bond acceptors (Lipinski definition) is 3. The van der Waals surface area contributed by atoms with E-state index in [1.807, 2.05) is 53.7 Å². The fourth-order valence-corrected chi connectivity index (χ4v) is 2.53. The molecule has 0 aliphatic rings. The maximum absolute atomic E-state index is 12.7. The smallest absolute Gasteiger partial charge is 0.200 e. The summed E-state index contributed by atoms with van der Waals surface area (Å²) in [7, 11) is 0. The second-order valence-electron chi connectivity index (χ2n) is 8.29. The van der Waals surface area contributed by atoms with Crippen molar-refractivity contribution in [1.82, 2.24) is 0 Å². The first-order chi connectivity index (χ1) is 10.9. The van der Waals surface area contributed by atoms with Crippen LogP contribution in [0.25, 0.3) is 0 Å². The summed E-state index contributed by atoms with van der Waals surface area (Å²) in [4.78, 5) is 12.7. The van der Waals surface area contributed by atoms with Crippen molar-refractivity contribution < 1.29 is 15.0 Å². The third-order valence-electron chi connectivity index (χ3n) is 4.22. The average Bonchev–Trinajstić information content (AvgIpc) is 2.44. The number of rotatable bonds is 2. The second-order valence-corrected chi connectivity index (χ2v) is 8.29. The van der Waals surface area contributed by atoms with Crippen LogP contribution < -0.4 is 0 Å². The molecule has 3 heteroatoms. The third kappa shape index (κ3) is 3.61. The van der Waals surface area contributed by atoms with Gasteiger partial charge in [0.05, 0.1) is 11.1 Å². The van der Waals surface area contributed by atoms with Gasteiger partial charge in [-0.3, -0.25) is 4.79 Å². The summed E-state index contributed by atoms with van der Waals surface area (Å²) in [5.74, 6) is -0.510. The first-order valence-corrected chi connectivity index (χ1v) is 8.13. The van der Waals surface area contributed by atoms with Crippen LogP contribution in [0.2, 0.25) is 0 Å². The van der Waals surface area contributed by atoms with Gasteiger partial charge in [0.1, 0.15) is 11.5 Å². The summed E-state index contributed by atoms with van der Waals surface area (Å²) in [6, 6.07) is 10.2. The normalized spacial score (nSPS) is 12.2. The third-order valence-corrected chi connectivity index (χ3v) is 4.22. The molecule has 24 heavy (non-hydrogen) atoms. The molecule has 0 unspecified atom stereocenters. The number of benzene rings is 2. The SMILES string of the molecule is CC(C)(C)c1ccc(C(=O)c2ccc(C(C)(C)C)cc2O)c(O)c1. The summed E-state index contributed by atoms with van der Waals surface area (Å²) in [6.07, 6.45) is 0. The van der Waals surface area contributed by atoms with Crippen LogP contribution in [0.3, 0.4) is 0 Å². The van der Waals surface area contributed by atoms with Gasteiger partial charge >= 0.3 is 0 Å². The van der Waals surface area contributed by atoms with Gasteiger partial charge in [0.25, 0.3) is 0 Å². The molecule has 0 radical (unpaired) electrons. The van der Waals surface area contributed by atoms with Gasteiger partial charge in [-0.2, -0.15) is 0 Å². The van der Waals surface area contributed by atoms with Gasteiger partial charge in [-0.15, -0.1) is 0 Å². The first-order valence-electron chi connectivity index (χ1n) is 8.13. The van der Waals surface area contributed by atoms with Gasteiger partial charge in [-0.05, 0) is 46.2 Å². The number of ketones is 1. The number of carbonyl (C=O) groups excluding carboxylic acids is 1. The van der Waals surface area contributed by atoms with E-state index in [0.29, 0.717) is 0 Å². The highest BCUT2D eigenvalue weighted by atomic mass is 16.3. The molecule has 128 valence electrons. The molecule has 2 N–H and O–H groups in total. The summed E-state index contributed by atoms with van der Waals surface area (Å²) in [5.41, 5.74) is 2.06. The molecular formula is C21H26O3. The van der Waals surface area contributed by atoms with Crippen molar-refractivity contribution in [3.63, 3.8) is 0 Å². The van der Waals surface area contributed by atoms with Crippen LogP contribution in [0.1, 0.15) is 68.6 Å². The lowest BCUT2D eigenvalue weighted by molar-refractivity contribution is 0.103. The van der Waals surface area contributed by atoms with Gasteiger partial charge < -0.3 is 10.2 Å². The van der Waals surface area contributed by atoms with Gasteiger partial charge in [-0.1, -0.05) is 53.7 Å². The Morgan fingerprint density at radius 1 is 0.708 bits per heavy atom. The molecular weight excluding hydrogens is 300 g/mol. The summed E-state index contributed by atoms with van der Waals surface area (Å²) >= 11 is 0.